The molecule has 0 amide bonds. The topological polar surface area (TPSA) is 91.0 Å². The van der Waals surface area contributed by atoms with Gasteiger partial charge in [0.2, 0.25) is 0 Å². The van der Waals surface area contributed by atoms with Gasteiger partial charge >= 0.3 is 5.97 Å². The molecule has 1 aromatic carbocycles. The van der Waals surface area contributed by atoms with Crippen LogP contribution in [0.2, 0.25) is 0 Å². The molecule has 0 saturated heterocycles. The molecule has 0 aromatic heterocycles. The van der Waals surface area contributed by atoms with Crippen molar-refractivity contribution in [3.05, 3.63) is 17.7 Å². The summed E-state index contributed by atoms with van der Waals surface area (Å²) in [7, 11) is 4.77. The zero-order valence-electron chi connectivity index (χ0n) is 14.5. The number of methoxy groups -OCH3 is 3. The number of carbonyl (C=O) groups is 1. The van der Waals surface area contributed by atoms with Crippen LogP contribution in [-0.2, 0) is 4.79 Å². The molecular formula is C17H27NO5. The number of carboxylic acids is 1. The summed E-state index contributed by atoms with van der Waals surface area (Å²) in [5.41, 5.74) is 6.47. The number of nitrogens with two attached hydrogens (primary N) is 1. The van der Waals surface area contributed by atoms with Crippen LogP contribution in [0.3, 0.4) is 0 Å². The van der Waals surface area contributed by atoms with Crippen molar-refractivity contribution in [1.82, 2.24) is 0 Å². The van der Waals surface area contributed by atoms with Crippen LogP contribution < -0.4 is 19.9 Å². The molecule has 6 nitrogen and oxygen atoms in total. The highest BCUT2D eigenvalue weighted by molar-refractivity contribution is 5.70. The first-order chi connectivity index (χ1) is 10.9. The van der Waals surface area contributed by atoms with Crippen molar-refractivity contribution in [2.75, 3.05) is 27.9 Å². The summed E-state index contributed by atoms with van der Waals surface area (Å²) in [4.78, 5) is 11.2. The summed E-state index contributed by atoms with van der Waals surface area (Å²) in [6.45, 7) is 4.18. The molecule has 23 heavy (non-hydrogen) atoms. The molecule has 0 heterocycles. The van der Waals surface area contributed by atoms with Crippen LogP contribution in [0.4, 0.5) is 0 Å². The van der Waals surface area contributed by atoms with Crippen molar-refractivity contribution >= 4 is 5.97 Å². The van der Waals surface area contributed by atoms with Gasteiger partial charge in [-0.3, -0.25) is 4.79 Å². The van der Waals surface area contributed by atoms with Gasteiger partial charge in [-0.15, -0.1) is 0 Å². The number of aliphatic carboxylic acids is 1. The Morgan fingerprint density at radius 2 is 1.65 bits per heavy atom. The summed E-state index contributed by atoms with van der Waals surface area (Å²) in [5, 5.41) is 9.20. The lowest BCUT2D eigenvalue weighted by atomic mass is 9.82. The van der Waals surface area contributed by atoms with Crippen LogP contribution >= 0.6 is 0 Å². The molecule has 1 rings (SSSR count). The Morgan fingerprint density at radius 3 is 2.00 bits per heavy atom. The molecule has 3 unspecified atom stereocenters. The van der Waals surface area contributed by atoms with Crippen molar-refractivity contribution in [2.45, 2.75) is 26.2 Å². The third-order valence-corrected chi connectivity index (χ3v) is 4.35. The zero-order valence-corrected chi connectivity index (χ0v) is 14.5. The number of hydrogen-bond acceptors (Lipinski definition) is 5. The standard InChI is InChI=1S/C17H27NO5/c1-10(6-12(9-18)17(19)20)11(2)16-14(22-4)7-13(21-3)8-15(16)23-5/h7-8,10-12H,6,9,18H2,1-5H3,(H,19,20). The van der Waals surface area contributed by atoms with E-state index in [1.165, 1.54) is 0 Å². The van der Waals surface area contributed by atoms with Gasteiger partial charge in [0.1, 0.15) is 17.2 Å². The molecule has 3 N–H and O–H groups in total. The maximum absolute atomic E-state index is 11.2. The van der Waals surface area contributed by atoms with Crippen molar-refractivity contribution in [1.29, 1.82) is 0 Å². The molecule has 130 valence electrons. The van der Waals surface area contributed by atoms with E-state index in [1.807, 2.05) is 13.8 Å². The predicted octanol–water partition coefficient (Wildman–Crippen LogP) is 2.50. The second kappa shape index (κ2) is 8.62. The number of ether oxygens (including phenoxy) is 3. The molecular weight excluding hydrogens is 298 g/mol. The molecule has 0 saturated carbocycles. The lowest BCUT2D eigenvalue weighted by Crippen LogP contribution is -2.26. The summed E-state index contributed by atoms with van der Waals surface area (Å²) >= 11 is 0. The van der Waals surface area contributed by atoms with Crippen molar-refractivity contribution in [2.24, 2.45) is 17.6 Å². The molecule has 0 bridgehead atoms. The molecule has 0 aliphatic carbocycles. The van der Waals surface area contributed by atoms with Crippen molar-refractivity contribution in [3.63, 3.8) is 0 Å². The maximum atomic E-state index is 11.2. The zero-order chi connectivity index (χ0) is 17.6. The van der Waals surface area contributed by atoms with Crippen LogP contribution in [0, 0.1) is 11.8 Å². The minimum absolute atomic E-state index is 0.0409. The van der Waals surface area contributed by atoms with E-state index in [0.717, 1.165) is 5.56 Å². The third kappa shape index (κ3) is 4.51. The average molecular weight is 325 g/mol. The molecule has 3 atom stereocenters. The Bertz CT molecular complexity index is 507. The van der Waals surface area contributed by atoms with E-state index in [4.69, 9.17) is 19.9 Å². The highest BCUT2D eigenvalue weighted by Gasteiger charge is 2.27. The SMILES string of the molecule is COc1cc(OC)c(C(C)C(C)CC(CN)C(=O)O)c(OC)c1. The van der Waals surface area contributed by atoms with Gasteiger partial charge in [-0.05, 0) is 18.3 Å². The Morgan fingerprint density at radius 1 is 1.13 bits per heavy atom. The number of rotatable bonds is 9. The number of hydrogen-bond donors (Lipinski definition) is 2. The van der Waals surface area contributed by atoms with Gasteiger partial charge in [0.05, 0.1) is 27.2 Å². The van der Waals surface area contributed by atoms with E-state index in [1.54, 1.807) is 33.5 Å². The van der Waals surface area contributed by atoms with Crippen molar-refractivity contribution < 1.29 is 24.1 Å². The first-order valence-electron chi connectivity index (χ1n) is 7.62. The number of benzene rings is 1. The first kappa shape index (κ1) is 19.1. The van der Waals surface area contributed by atoms with Crippen LogP contribution in [0.1, 0.15) is 31.7 Å². The maximum Gasteiger partial charge on any atom is 0.307 e. The lowest BCUT2D eigenvalue weighted by molar-refractivity contribution is -0.142. The molecule has 0 radical (unpaired) electrons. The lowest BCUT2D eigenvalue weighted by Gasteiger charge is -2.26. The van der Waals surface area contributed by atoms with Gasteiger partial charge in [-0.25, -0.2) is 0 Å². The fraction of sp³-hybridized carbons (Fsp3) is 0.588. The van der Waals surface area contributed by atoms with Crippen LogP contribution in [0.25, 0.3) is 0 Å². The minimum atomic E-state index is -0.861. The first-order valence-corrected chi connectivity index (χ1v) is 7.62. The normalized spacial score (nSPS) is 14.7. The van der Waals surface area contributed by atoms with Gasteiger partial charge in [0.25, 0.3) is 0 Å². The van der Waals surface area contributed by atoms with Crippen LogP contribution in [0.15, 0.2) is 12.1 Å². The Hall–Kier alpha value is -1.95. The quantitative estimate of drug-likeness (QED) is 0.725. The van der Waals surface area contributed by atoms with Crippen molar-refractivity contribution in [3.8, 4) is 17.2 Å². The smallest absolute Gasteiger partial charge is 0.307 e. The van der Waals surface area contributed by atoms with Gasteiger partial charge in [0.15, 0.2) is 0 Å². The number of carboxylic acid groups (broad SMARTS) is 1. The van der Waals surface area contributed by atoms with E-state index in [-0.39, 0.29) is 18.4 Å². The van der Waals surface area contributed by atoms with E-state index >= 15 is 0 Å². The van der Waals surface area contributed by atoms with Gasteiger partial charge in [-0.2, -0.15) is 0 Å². The molecule has 1 aromatic rings. The fourth-order valence-corrected chi connectivity index (χ4v) is 2.72. The second-order valence-corrected chi connectivity index (χ2v) is 5.72. The monoisotopic (exact) mass is 325 g/mol. The summed E-state index contributed by atoms with van der Waals surface area (Å²) in [6.07, 6.45) is 0.491. The summed E-state index contributed by atoms with van der Waals surface area (Å²) < 4.78 is 16.2. The van der Waals surface area contributed by atoms with Gasteiger partial charge in [0, 0.05) is 24.2 Å². The van der Waals surface area contributed by atoms with E-state index in [0.29, 0.717) is 23.7 Å². The third-order valence-electron chi connectivity index (χ3n) is 4.35. The van der Waals surface area contributed by atoms with E-state index in [9.17, 15) is 9.90 Å². The van der Waals surface area contributed by atoms with Crippen LogP contribution in [-0.4, -0.2) is 38.9 Å². The second-order valence-electron chi connectivity index (χ2n) is 5.72. The highest BCUT2D eigenvalue weighted by atomic mass is 16.5. The van der Waals surface area contributed by atoms with E-state index in [2.05, 4.69) is 0 Å². The molecule has 0 spiro atoms. The molecule has 0 aliphatic rings. The summed E-state index contributed by atoms with van der Waals surface area (Å²) in [5.74, 6) is 0.700. The predicted molar refractivity (Wildman–Crippen MR) is 88.5 cm³/mol. The molecule has 0 fully saturated rings. The Balaban J connectivity index is 3.15. The average Bonchev–Trinajstić information content (AvgIpc) is 2.56. The highest BCUT2D eigenvalue weighted by Crippen LogP contribution is 2.43. The van der Waals surface area contributed by atoms with Gasteiger partial charge < -0.3 is 25.1 Å². The van der Waals surface area contributed by atoms with E-state index < -0.39 is 11.9 Å². The largest absolute Gasteiger partial charge is 0.496 e. The molecule has 6 heteroatoms. The summed E-state index contributed by atoms with van der Waals surface area (Å²) in [6, 6.07) is 3.61. The van der Waals surface area contributed by atoms with Crippen LogP contribution in [0.5, 0.6) is 17.2 Å². The fourth-order valence-electron chi connectivity index (χ4n) is 2.72. The van der Waals surface area contributed by atoms with Gasteiger partial charge in [-0.1, -0.05) is 13.8 Å². The Kier molecular flexibility index (Phi) is 7.16. The minimum Gasteiger partial charge on any atom is -0.496 e. The molecule has 0 aliphatic heterocycles. The Labute approximate surface area is 137 Å².